The van der Waals surface area contributed by atoms with Crippen LogP contribution in [0.4, 0.5) is 13.2 Å². The SMILES string of the molecule is Cc1ccccc1-c1cc2c(c(OC[C@H]3CCOC3)c1)OCCN(S(=O)(=O)c1ccc(C(F)(F)F)cc1)C2. The van der Waals surface area contributed by atoms with Crippen molar-refractivity contribution in [3.05, 3.63) is 77.4 Å². The maximum atomic E-state index is 13.4. The van der Waals surface area contributed by atoms with Crippen molar-refractivity contribution in [2.24, 2.45) is 5.92 Å². The molecule has 2 heterocycles. The number of hydrogen-bond acceptors (Lipinski definition) is 5. The van der Waals surface area contributed by atoms with Crippen LogP contribution in [-0.4, -0.2) is 45.7 Å². The van der Waals surface area contributed by atoms with Crippen molar-refractivity contribution in [1.29, 1.82) is 0 Å². The Morgan fingerprint density at radius 1 is 1.05 bits per heavy atom. The number of alkyl halides is 3. The van der Waals surface area contributed by atoms with Crippen molar-refractivity contribution < 1.29 is 35.8 Å². The van der Waals surface area contributed by atoms with E-state index in [4.69, 9.17) is 14.2 Å². The van der Waals surface area contributed by atoms with Crippen LogP contribution in [0.5, 0.6) is 11.5 Å². The molecular weight excluding hydrogens is 519 g/mol. The quantitative estimate of drug-likeness (QED) is 0.397. The Morgan fingerprint density at radius 3 is 2.50 bits per heavy atom. The molecule has 5 rings (SSSR count). The maximum Gasteiger partial charge on any atom is 0.416 e. The molecule has 10 heteroatoms. The molecule has 0 saturated carbocycles. The van der Waals surface area contributed by atoms with Crippen molar-refractivity contribution in [2.75, 3.05) is 33.0 Å². The van der Waals surface area contributed by atoms with Gasteiger partial charge in [-0.25, -0.2) is 8.42 Å². The summed E-state index contributed by atoms with van der Waals surface area (Å²) in [5.41, 5.74) is 2.60. The highest BCUT2D eigenvalue weighted by Crippen LogP contribution is 2.40. The summed E-state index contributed by atoms with van der Waals surface area (Å²) < 4.78 is 84.8. The van der Waals surface area contributed by atoms with Crippen LogP contribution >= 0.6 is 0 Å². The minimum atomic E-state index is -4.55. The van der Waals surface area contributed by atoms with Crippen molar-refractivity contribution in [2.45, 2.75) is 31.0 Å². The van der Waals surface area contributed by atoms with Crippen LogP contribution in [0.25, 0.3) is 11.1 Å². The molecule has 38 heavy (non-hydrogen) atoms. The van der Waals surface area contributed by atoms with Gasteiger partial charge >= 0.3 is 6.18 Å². The zero-order chi connectivity index (χ0) is 26.9. The third-order valence-electron chi connectivity index (χ3n) is 6.84. The van der Waals surface area contributed by atoms with Crippen LogP contribution in [0.1, 0.15) is 23.1 Å². The van der Waals surface area contributed by atoms with Gasteiger partial charge in [0.05, 0.1) is 23.7 Å². The Balaban J connectivity index is 1.50. The van der Waals surface area contributed by atoms with Crippen LogP contribution in [0, 0.1) is 12.8 Å². The largest absolute Gasteiger partial charge is 0.489 e. The first kappa shape index (κ1) is 26.5. The molecule has 3 aromatic carbocycles. The number of benzene rings is 3. The van der Waals surface area contributed by atoms with Crippen LogP contribution in [-0.2, 0) is 27.5 Å². The molecule has 0 spiro atoms. The fourth-order valence-corrected chi connectivity index (χ4v) is 6.11. The average Bonchev–Trinajstić information content (AvgIpc) is 3.31. The molecule has 1 fully saturated rings. The van der Waals surface area contributed by atoms with E-state index in [1.54, 1.807) is 0 Å². The molecule has 3 aromatic rings. The van der Waals surface area contributed by atoms with Crippen molar-refractivity contribution in [3.63, 3.8) is 0 Å². The van der Waals surface area contributed by atoms with Gasteiger partial charge in [-0.15, -0.1) is 0 Å². The summed E-state index contributed by atoms with van der Waals surface area (Å²) >= 11 is 0. The molecule has 0 aromatic heterocycles. The van der Waals surface area contributed by atoms with E-state index in [1.165, 1.54) is 4.31 Å². The van der Waals surface area contributed by atoms with E-state index in [2.05, 4.69) is 0 Å². The average molecular weight is 548 g/mol. The Labute approximate surface area is 220 Å². The molecule has 2 aliphatic heterocycles. The summed E-state index contributed by atoms with van der Waals surface area (Å²) in [6, 6.07) is 15.2. The van der Waals surface area contributed by atoms with E-state index in [0.29, 0.717) is 36.9 Å². The standard InChI is InChI=1S/C28H28F3NO5S/c1-19-4-2-3-5-25(19)21-14-22-16-32(38(33,34)24-8-6-23(7-9-24)28(29,30)31)11-13-36-27(22)26(15-21)37-18-20-10-12-35-17-20/h2-9,14-15,20H,10-13,16-18H2,1H3/t20-/m0/s1. The molecule has 0 N–H and O–H groups in total. The van der Waals surface area contributed by atoms with E-state index in [-0.39, 0.29) is 30.5 Å². The van der Waals surface area contributed by atoms with Gasteiger partial charge in [0.2, 0.25) is 10.0 Å². The Hall–Kier alpha value is -3.08. The Bertz CT molecular complexity index is 1400. The molecule has 1 saturated heterocycles. The zero-order valence-corrected chi connectivity index (χ0v) is 21.6. The van der Waals surface area contributed by atoms with Gasteiger partial charge in [0.25, 0.3) is 0 Å². The maximum absolute atomic E-state index is 13.4. The fourth-order valence-electron chi connectivity index (χ4n) is 4.71. The van der Waals surface area contributed by atoms with Crippen LogP contribution < -0.4 is 9.47 Å². The third-order valence-corrected chi connectivity index (χ3v) is 8.70. The second kappa shape index (κ2) is 10.6. The van der Waals surface area contributed by atoms with Gasteiger partial charge in [0.1, 0.15) is 6.61 Å². The number of aryl methyl sites for hydroxylation is 1. The lowest BCUT2D eigenvalue weighted by Crippen LogP contribution is -2.32. The van der Waals surface area contributed by atoms with Crippen LogP contribution in [0.3, 0.4) is 0 Å². The summed E-state index contributed by atoms with van der Waals surface area (Å²) in [5, 5.41) is 0. The molecule has 1 atom stereocenters. The molecule has 0 unspecified atom stereocenters. The fraction of sp³-hybridized carbons (Fsp3) is 0.357. The lowest BCUT2D eigenvalue weighted by Gasteiger charge is -2.21. The highest BCUT2D eigenvalue weighted by atomic mass is 32.2. The topological polar surface area (TPSA) is 65.1 Å². The monoisotopic (exact) mass is 547 g/mol. The van der Waals surface area contributed by atoms with Crippen LogP contribution in [0.2, 0.25) is 0 Å². The predicted molar refractivity (Wildman–Crippen MR) is 136 cm³/mol. The van der Waals surface area contributed by atoms with Gasteiger partial charge in [-0.3, -0.25) is 0 Å². The van der Waals surface area contributed by atoms with Crippen LogP contribution in [0.15, 0.2) is 65.6 Å². The first-order valence-corrected chi connectivity index (χ1v) is 13.8. The van der Waals surface area contributed by atoms with E-state index in [0.717, 1.165) is 47.4 Å². The van der Waals surface area contributed by atoms with Gasteiger partial charge in [-0.05, 0) is 66.4 Å². The predicted octanol–water partition coefficient (Wildman–Crippen LogP) is 5.68. The molecule has 2 aliphatic rings. The van der Waals surface area contributed by atoms with E-state index < -0.39 is 21.8 Å². The van der Waals surface area contributed by atoms with Gasteiger partial charge in [0.15, 0.2) is 11.5 Å². The number of fused-ring (bicyclic) bond motifs is 1. The summed E-state index contributed by atoms with van der Waals surface area (Å²) in [5.74, 6) is 1.27. The second-order valence-corrected chi connectivity index (χ2v) is 11.5. The zero-order valence-electron chi connectivity index (χ0n) is 20.8. The molecule has 0 amide bonds. The third kappa shape index (κ3) is 5.52. The summed E-state index contributed by atoms with van der Waals surface area (Å²) in [6.45, 7) is 3.85. The summed E-state index contributed by atoms with van der Waals surface area (Å²) in [6.07, 6.45) is -3.65. The van der Waals surface area contributed by atoms with Gasteiger partial charge in [-0.2, -0.15) is 17.5 Å². The van der Waals surface area contributed by atoms with Gasteiger partial charge in [0, 0.05) is 31.2 Å². The summed E-state index contributed by atoms with van der Waals surface area (Å²) in [4.78, 5) is -0.207. The Morgan fingerprint density at radius 2 is 1.82 bits per heavy atom. The van der Waals surface area contributed by atoms with E-state index >= 15 is 0 Å². The molecule has 6 nitrogen and oxygen atoms in total. The first-order chi connectivity index (χ1) is 18.1. The number of sulfonamides is 1. The summed E-state index contributed by atoms with van der Waals surface area (Å²) in [7, 11) is -4.09. The van der Waals surface area contributed by atoms with Gasteiger partial charge < -0.3 is 14.2 Å². The van der Waals surface area contributed by atoms with Crippen molar-refractivity contribution in [3.8, 4) is 22.6 Å². The highest BCUT2D eigenvalue weighted by Gasteiger charge is 2.33. The molecule has 202 valence electrons. The smallest absolute Gasteiger partial charge is 0.416 e. The highest BCUT2D eigenvalue weighted by molar-refractivity contribution is 7.89. The number of hydrogen-bond donors (Lipinski definition) is 0. The van der Waals surface area contributed by atoms with E-state index in [1.807, 2.05) is 43.3 Å². The van der Waals surface area contributed by atoms with Gasteiger partial charge in [-0.1, -0.05) is 24.3 Å². The minimum Gasteiger partial charge on any atom is -0.489 e. The molecule has 0 aliphatic carbocycles. The lowest BCUT2D eigenvalue weighted by atomic mass is 9.98. The Kier molecular flexibility index (Phi) is 7.39. The van der Waals surface area contributed by atoms with Crippen molar-refractivity contribution in [1.82, 2.24) is 4.31 Å². The number of nitrogens with zero attached hydrogens (tertiary/aromatic N) is 1. The molecule has 0 radical (unpaired) electrons. The number of halogens is 3. The van der Waals surface area contributed by atoms with Crippen molar-refractivity contribution >= 4 is 10.0 Å². The number of rotatable bonds is 6. The second-order valence-electron chi connectivity index (χ2n) is 9.53. The minimum absolute atomic E-state index is 0.0126. The number of ether oxygens (including phenoxy) is 3. The molecular formula is C28H28F3NO5S. The normalized spacial score (nSPS) is 18.5. The lowest BCUT2D eigenvalue weighted by molar-refractivity contribution is -0.137. The molecule has 0 bridgehead atoms. The van der Waals surface area contributed by atoms with E-state index in [9.17, 15) is 21.6 Å². The first-order valence-electron chi connectivity index (χ1n) is 12.4.